The summed E-state index contributed by atoms with van der Waals surface area (Å²) in [6, 6.07) is 7.80. The van der Waals surface area contributed by atoms with Crippen molar-refractivity contribution in [1.29, 1.82) is 0 Å². The number of hydrogen-bond acceptors (Lipinski definition) is 2. The number of halogens is 1. The average Bonchev–Trinajstić information content (AvgIpc) is 2.26. The highest BCUT2D eigenvalue weighted by atomic mass is 79.9. The standard InChI is InChI=1S/C12H11BrO2/c1-9(3-8-12(14)15-2)10-4-6-11(13)7-5-10/h4-8H,1-2H3. The SMILES string of the molecule is COC(=O)C=C=C(C)c1ccc(Br)cc1. The molecule has 0 aliphatic heterocycles. The molecule has 0 aromatic heterocycles. The van der Waals surface area contributed by atoms with E-state index in [0.29, 0.717) is 0 Å². The fourth-order valence-corrected chi connectivity index (χ4v) is 1.27. The van der Waals surface area contributed by atoms with Crippen LogP contribution in [0.4, 0.5) is 0 Å². The molecule has 0 atom stereocenters. The van der Waals surface area contributed by atoms with Gasteiger partial charge < -0.3 is 4.74 Å². The third kappa shape index (κ3) is 3.74. The molecule has 78 valence electrons. The Morgan fingerprint density at radius 1 is 1.40 bits per heavy atom. The van der Waals surface area contributed by atoms with E-state index < -0.39 is 5.97 Å². The summed E-state index contributed by atoms with van der Waals surface area (Å²) >= 11 is 3.36. The van der Waals surface area contributed by atoms with Gasteiger partial charge in [-0.05, 0) is 30.2 Å². The summed E-state index contributed by atoms with van der Waals surface area (Å²) in [6.07, 6.45) is 1.29. The van der Waals surface area contributed by atoms with Crippen LogP contribution in [0.5, 0.6) is 0 Å². The zero-order chi connectivity index (χ0) is 11.3. The predicted octanol–water partition coefficient (Wildman–Crippen LogP) is 3.18. The van der Waals surface area contributed by atoms with Gasteiger partial charge in [-0.3, -0.25) is 0 Å². The van der Waals surface area contributed by atoms with Gasteiger partial charge in [0.1, 0.15) is 0 Å². The zero-order valence-electron chi connectivity index (χ0n) is 8.58. The molecule has 1 rings (SSSR count). The largest absolute Gasteiger partial charge is 0.465 e. The fourth-order valence-electron chi connectivity index (χ4n) is 1.01. The molecule has 1 aromatic carbocycles. The number of carbonyl (C=O) groups excluding carboxylic acids is 1. The Bertz CT molecular complexity index is 412. The molecule has 0 heterocycles. The number of esters is 1. The Kier molecular flexibility index (Phi) is 4.35. The van der Waals surface area contributed by atoms with Gasteiger partial charge >= 0.3 is 5.97 Å². The Labute approximate surface area is 97.4 Å². The second-order valence-electron chi connectivity index (χ2n) is 2.94. The minimum Gasteiger partial charge on any atom is -0.465 e. The third-order valence-corrected chi connectivity index (χ3v) is 2.41. The first-order valence-corrected chi connectivity index (χ1v) is 5.20. The van der Waals surface area contributed by atoms with Crippen LogP contribution in [0.15, 0.2) is 40.5 Å². The van der Waals surface area contributed by atoms with Crippen LogP contribution in [0, 0.1) is 0 Å². The highest BCUT2D eigenvalue weighted by Crippen LogP contribution is 2.16. The quantitative estimate of drug-likeness (QED) is 0.467. The highest BCUT2D eigenvalue weighted by molar-refractivity contribution is 9.10. The number of methoxy groups -OCH3 is 1. The van der Waals surface area contributed by atoms with Gasteiger partial charge in [-0.1, -0.05) is 28.1 Å². The van der Waals surface area contributed by atoms with E-state index in [1.165, 1.54) is 13.2 Å². The molecule has 0 saturated carbocycles. The maximum atomic E-state index is 10.8. The van der Waals surface area contributed by atoms with Crippen LogP contribution in [-0.4, -0.2) is 13.1 Å². The molecule has 0 aliphatic carbocycles. The van der Waals surface area contributed by atoms with E-state index in [1.54, 1.807) is 0 Å². The average molecular weight is 267 g/mol. The Morgan fingerprint density at radius 3 is 2.53 bits per heavy atom. The van der Waals surface area contributed by atoms with E-state index in [-0.39, 0.29) is 0 Å². The smallest absolute Gasteiger partial charge is 0.338 e. The van der Waals surface area contributed by atoms with Crippen molar-refractivity contribution in [1.82, 2.24) is 0 Å². The molecule has 2 nitrogen and oxygen atoms in total. The number of ether oxygens (including phenoxy) is 1. The van der Waals surface area contributed by atoms with Crippen LogP contribution >= 0.6 is 15.9 Å². The Hall–Kier alpha value is -1.31. The molecule has 0 N–H and O–H groups in total. The molecule has 0 amide bonds. The van der Waals surface area contributed by atoms with Crippen molar-refractivity contribution in [2.24, 2.45) is 0 Å². The lowest BCUT2D eigenvalue weighted by Crippen LogP contribution is -1.92. The normalized spacial score (nSPS) is 9.00. The first-order valence-electron chi connectivity index (χ1n) is 4.40. The zero-order valence-corrected chi connectivity index (χ0v) is 10.2. The van der Waals surface area contributed by atoms with Gasteiger partial charge in [0.05, 0.1) is 13.2 Å². The molecule has 0 aliphatic rings. The molecule has 1 aromatic rings. The summed E-state index contributed by atoms with van der Waals surface area (Å²) in [5.74, 6) is -0.397. The maximum absolute atomic E-state index is 10.8. The first-order chi connectivity index (χ1) is 7.13. The molecule has 3 heteroatoms. The molecule has 0 fully saturated rings. The van der Waals surface area contributed by atoms with Gasteiger partial charge in [0.25, 0.3) is 0 Å². The van der Waals surface area contributed by atoms with Crippen molar-refractivity contribution in [2.75, 3.05) is 7.11 Å². The van der Waals surface area contributed by atoms with Crippen molar-refractivity contribution in [2.45, 2.75) is 6.92 Å². The van der Waals surface area contributed by atoms with Crippen LogP contribution in [0.3, 0.4) is 0 Å². The lowest BCUT2D eigenvalue weighted by Gasteiger charge is -1.97. The Morgan fingerprint density at radius 2 is 2.00 bits per heavy atom. The number of carbonyl (C=O) groups is 1. The summed E-state index contributed by atoms with van der Waals surface area (Å²) in [4.78, 5) is 10.8. The van der Waals surface area contributed by atoms with Gasteiger partial charge in [0.15, 0.2) is 0 Å². The van der Waals surface area contributed by atoms with E-state index >= 15 is 0 Å². The second kappa shape index (κ2) is 5.54. The topological polar surface area (TPSA) is 26.3 Å². The lowest BCUT2D eigenvalue weighted by molar-refractivity contribution is -0.134. The number of rotatable bonds is 2. The minimum absolute atomic E-state index is 0.397. The summed E-state index contributed by atoms with van der Waals surface area (Å²) in [7, 11) is 1.34. The van der Waals surface area contributed by atoms with Crippen LogP contribution in [0.2, 0.25) is 0 Å². The summed E-state index contributed by atoms with van der Waals surface area (Å²) in [5, 5.41) is 0. The molecule has 0 unspecified atom stereocenters. The van der Waals surface area contributed by atoms with Crippen LogP contribution in [0.25, 0.3) is 5.57 Å². The summed E-state index contributed by atoms with van der Waals surface area (Å²) < 4.78 is 5.50. The van der Waals surface area contributed by atoms with Crippen molar-refractivity contribution < 1.29 is 9.53 Å². The van der Waals surface area contributed by atoms with Gasteiger partial charge in [0, 0.05) is 4.47 Å². The minimum atomic E-state index is -0.397. The lowest BCUT2D eigenvalue weighted by atomic mass is 10.1. The molecule has 0 bridgehead atoms. The van der Waals surface area contributed by atoms with Crippen LogP contribution < -0.4 is 0 Å². The number of hydrogen-bond donors (Lipinski definition) is 0. The van der Waals surface area contributed by atoms with Gasteiger partial charge in [0.2, 0.25) is 0 Å². The van der Waals surface area contributed by atoms with Crippen molar-refractivity contribution >= 4 is 27.5 Å². The van der Waals surface area contributed by atoms with Crippen molar-refractivity contribution in [3.05, 3.63) is 46.1 Å². The summed E-state index contributed by atoms with van der Waals surface area (Å²) in [5.41, 5.74) is 4.79. The molecular formula is C12H11BrO2. The first kappa shape index (κ1) is 11.8. The van der Waals surface area contributed by atoms with Gasteiger partial charge in [-0.2, -0.15) is 0 Å². The fraction of sp³-hybridized carbons (Fsp3) is 0.167. The van der Waals surface area contributed by atoms with E-state index in [0.717, 1.165) is 15.6 Å². The van der Waals surface area contributed by atoms with Crippen LogP contribution in [-0.2, 0) is 9.53 Å². The monoisotopic (exact) mass is 266 g/mol. The van der Waals surface area contributed by atoms with Gasteiger partial charge in [-0.25, -0.2) is 4.79 Å². The predicted molar refractivity (Wildman–Crippen MR) is 63.3 cm³/mol. The van der Waals surface area contributed by atoms with E-state index in [4.69, 9.17) is 0 Å². The van der Waals surface area contributed by atoms with E-state index in [1.807, 2.05) is 31.2 Å². The molecule has 0 saturated heterocycles. The van der Waals surface area contributed by atoms with Crippen LogP contribution in [0.1, 0.15) is 12.5 Å². The second-order valence-corrected chi connectivity index (χ2v) is 3.86. The van der Waals surface area contributed by atoms with Crippen molar-refractivity contribution in [3.63, 3.8) is 0 Å². The van der Waals surface area contributed by atoms with E-state index in [2.05, 4.69) is 26.4 Å². The molecular weight excluding hydrogens is 256 g/mol. The van der Waals surface area contributed by atoms with E-state index in [9.17, 15) is 4.79 Å². The molecule has 15 heavy (non-hydrogen) atoms. The third-order valence-electron chi connectivity index (χ3n) is 1.88. The molecule has 0 radical (unpaired) electrons. The highest BCUT2D eigenvalue weighted by Gasteiger charge is 1.94. The summed E-state index contributed by atoms with van der Waals surface area (Å²) in [6.45, 7) is 1.89. The van der Waals surface area contributed by atoms with Gasteiger partial charge in [-0.15, -0.1) is 5.73 Å². The molecule has 0 spiro atoms. The number of benzene rings is 1. The van der Waals surface area contributed by atoms with Crippen molar-refractivity contribution in [3.8, 4) is 0 Å². The Balaban J connectivity index is 2.94. The maximum Gasteiger partial charge on any atom is 0.338 e.